The molecule has 8 heteroatoms. The topological polar surface area (TPSA) is 52.2 Å². The predicted octanol–water partition coefficient (Wildman–Crippen LogP) is 3.05. The molecule has 0 N–H and O–H groups in total. The van der Waals surface area contributed by atoms with Crippen LogP contribution in [0.2, 0.25) is 0 Å². The van der Waals surface area contributed by atoms with Gasteiger partial charge in [-0.15, -0.1) is 11.3 Å². The number of imidazole rings is 1. The summed E-state index contributed by atoms with van der Waals surface area (Å²) in [5, 5.41) is 0. The third kappa shape index (κ3) is 2.30. The van der Waals surface area contributed by atoms with Gasteiger partial charge in [-0.05, 0) is 13.8 Å². The average molecular weight is 346 g/mol. The van der Waals surface area contributed by atoms with E-state index in [1.54, 1.807) is 17.7 Å². The molecule has 3 aromatic heterocycles. The van der Waals surface area contributed by atoms with Crippen molar-refractivity contribution in [2.45, 2.75) is 20.4 Å². The number of halogens is 2. The van der Waals surface area contributed by atoms with Crippen LogP contribution >= 0.6 is 11.3 Å². The molecular formula is C16H12F2N4OS. The fourth-order valence-electron chi connectivity index (χ4n) is 2.74. The van der Waals surface area contributed by atoms with Gasteiger partial charge < -0.3 is 4.57 Å². The minimum Gasteiger partial charge on any atom is -0.322 e. The quantitative estimate of drug-likeness (QED) is 0.561. The molecule has 0 saturated heterocycles. The van der Waals surface area contributed by atoms with Crippen LogP contribution < -0.4 is 5.56 Å². The molecule has 0 amide bonds. The van der Waals surface area contributed by atoms with Gasteiger partial charge in [0.05, 0.1) is 23.3 Å². The predicted molar refractivity (Wildman–Crippen MR) is 87.6 cm³/mol. The van der Waals surface area contributed by atoms with Gasteiger partial charge in [0, 0.05) is 29.3 Å². The van der Waals surface area contributed by atoms with E-state index in [-0.39, 0.29) is 12.1 Å². The zero-order chi connectivity index (χ0) is 17.0. The zero-order valence-corrected chi connectivity index (χ0v) is 13.7. The highest BCUT2D eigenvalue weighted by Crippen LogP contribution is 2.21. The summed E-state index contributed by atoms with van der Waals surface area (Å²) in [5.74, 6) is -1.26. The Morgan fingerprint density at radius 1 is 1.12 bits per heavy atom. The molecule has 1 aromatic carbocycles. The van der Waals surface area contributed by atoms with E-state index in [0.717, 1.165) is 17.0 Å². The highest BCUT2D eigenvalue weighted by Gasteiger charge is 2.14. The summed E-state index contributed by atoms with van der Waals surface area (Å²) in [4.78, 5) is 22.5. The van der Waals surface area contributed by atoms with Crippen LogP contribution in [-0.2, 0) is 6.54 Å². The minimum absolute atomic E-state index is 0.168. The molecule has 0 bridgehead atoms. The van der Waals surface area contributed by atoms with Crippen molar-refractivity contribution in [2.75, 3.05) is 0 Å². The van der Waals surface area contributed by atoms with E-state index in [0.29, 0.717) is 27.5 Å². The molecule has 0 atom stereocenters. The fourth-order valence-corrected chi connectivity index (χ4v) is 3.59. The van der Waals surface area contributed by atoms with Crippen molar-refractivity contribution in [1.82, 2.24) is 18.9 Å². The van der Waals surface area contributed by atoms with Gasteiger partial charge in [-0.2, -0.15) is 0 Å². The summed E-state index contributed by atoms with van der Waals surface area (Å²) in [6.45, 7) is 3.91. The van der Waals surface area contributed by atoms with Crippen molar-refractivity contribution in [3.63, 3.8) is 0 Å². The normalized spacial score (nSPS) is 11.7. The monoisotopic (exact) mass is 346 g/mol. The van der Waals surface area contributed by atoms with Crippen molar-refractivity contribution in [3.8, 4) is 0 Å². The van der Waals surface area contributed by atoms with Crippen LogP contribution in [0, 0.1) is 25.5 Å². The molecule has 122 valence electrons. The van der Waals surface area contributed by atoms with Crippen LogP contribution in [0.3, 0.4) is 0 Å². The van der Waals surface area contributed by atoms with Gasteiger partial charge in [-0.3, -0.25) is 9.20 Å². The Balaban J connectivity index is 1.86. The number of fused-ring (bicyclic) bond motifs is 2. The molecule has 4 rings (SSSR count). The lowest BCUT2D eigenvalue weighted by Gasteiger charge is -2.06. The largest absolute Gasteiger partial charge is 0.322 e. The van der Waals surface area contributed by atoms with Crippen LogP contribution in [0.25, 0.3) is 16.0 Å². The first kappa shape index (κ1) is 14.9. The first-order valence-corrected chi connectivity index (χ1v) is 8.04. The molecule has 0 aliphatic heterocycles. The maximum absolute atomic E-state index is 13.6. The van der Waals surface area contributed by atoms with Crippen LogP contribution in [-0.4, -0.2) is 18.9 Å². The maximum atomic E-state index is 13.6. The van der Waals surface area contributed by atoms with Crippen LogP contribution in [0.4, 0.5) is 8.78 Å². The first-order chi connectivity index (χ1) is 11.4. The van der Waals surface area contributed by atoms with Crippen LogP contribution in [0.1, 0.15) is 16.4 Å². The summed E-state index contributed by atoms with van der Waals surface area (Å²) < 4.78 is 30.2. The van der Waals surface area contributed by atoms with Gasteiger partial charge in [0.15, 0.2) is 16.6 Å². The Labute approximate surface area is 138 Å². The van der Waals surface area contributed by atoms with Gasteiger partial charge in [-0.25, -0.2) is 18.7 Å². The average Bonchev–Trinajstić information content (AvgIpc) is 3.01. The third-order valence-electron chi connectivity index (χ3n) is 3.84. The number of hydrogen-bond acceptors (Lipinski definition) is 4. The minimum atomic E-state index is -0.931. The van der Waals surface area contributed by atoms with Gasteiger partial charge in [0.2, 0.25) is 0 Å². The number of aryl methyl sites for hydroxylation is 2. The fraction of sp³-hybridized carbons (Fsp3) is 0.188. The van der Waals surface area contributed by atoms with Crippen molar-refractivity contribution in [2.24, 2.45) is 0 Å². The second-order valence-electron chi connectivity index (χ2n) is 5.58. The molecule has 24 heavy (non-hydrogen) atoms. The number of rotatable bonds is 2. The molecule has 0 spiro atoms. The van der Waals surface area contributed by atoms with Crippen molar-refractivity contribution >= 4 is 27.3 Å². The number of benzene rings is 1. The third-order valence-corrected chi connectivity index (χ3v) is 4.74. The number of aromatic nitrogens is 4. The first-order valence-electron chi connectivity index (χ1n) is 7.23. The lowest BCUT2D eigenvalue weighted by Crippen LogP contribution is -2.15. The van der Waals surface area contributed by atoms with Crippen molar-refractivity contribution in [1.29, 1.82) is 0 Å². The van der Waals surface area contributed by atoms with E-state index in [1.807, 2.05) is 6.92 Å². The Morgan fingerprint density at radius 2 is 1.88 bits per heavy atom. The van der Waals surface area contributed by atoms with Gasteiger partial charge in [0.25, 0.3) is 5.56 Å². The van der Waals surface area contributed by atoms with E-state index >= 15 is 0 Å². The number of thiazole rings is 1. The van der Waals surface area contributed by atoms with E-state index in [4.69, 9.17) is 0 Å². The highest BCUT2D eigenvalue weighted by atomic mass is 32.1. The molecule has 0 saturated carbocycles. The van der Waals surface area contributed by atoms with E-state index in [2.05, 4.69) is 9.97 Å². The maximum Gasteiger partial charge on any atom is 0.258 e. The molecule has 0 fully saturated rings. The number of hydrogen-bond donors (Lipinski definition) is 0. The van der Waals surface area contributed by atoms with Crippen LogP contribution in [0.15, 0.2) is 29.2 Å². The number of nitrogens with zero attached hydrogens (tertiary/aromatic N) is 4. The summed E-state index contributed by atoms with van der Waals surface area (Å²) in [6, 6.07) is 3.64. The zero-order valence-electron chi connectivity index (χ0n) is 12.9. The van der Waals surface area contributed by atoms with E-state index < -0.39 is 11.6 Å². The van der Waals surface area contributed by atoms with Gasteiger partial charge >= 0.3 is 0 Å². The molecule has 0 radical (unpaired) electrons. The summed E-state index contributed by atoms with van der Waals surface area (Å²) in [7, 11) is 0. The molecule has 5 nitrogen and oxygen atoms in total. The summed E-state index contributed by atoms with van der Waals surface area (Å²) >= 11 is 1.42. The van der Waals surface area contributed by atoms with Gasteiger partial charge in [0.1, 0.15) is 5.82 Å². The Kier molecular flexibility index (Phi) is 3.24. The standard InChI is InChI=1S/C16H12F2N4OS/c1-8-6-22-15(23)3-10(20-16(22)24-8)7-21-9(2)19-13-4-11(17)12(18)5-14(13)21/h3-6H,7H2,1-2H3. The second-order valence-corrected chi connectivity index (χ2v) is 6.79. The van der Waals surface area contributed by atoms with Gasteiger partial charge in [-0.1, -0.05) is 0 Å². The molecule has 0 aliphatic rings. The summed E-state index contributed by atoms with van der Waals surface area (Å²) in [6.07, 6.45) is 1.75. The SMILES string of the molecule is Cc1cn2c(=O)cc(Cn3c(C)nc4cc(F)c(F)cc43)nc2s1. The molecule has 3 heterocycles. The molecular weight excluding hydrogens is 334 g/mol. The lowest BCUT2D eigenvalue weighted by molar-refractivity contribution is 0.510. The Morgan fingerprint density at radius 3 is 2.67 bits per heavy atom. The lowest BCUT2D eigenvalue weighted by atomic mass is 10.3. The summed E-state index contributed by atoms with van der Waals surface area (Å²) in [5.41, 5.74) is 1.22. The second kappa shape index (κ2) is 5.20. The van der Waals surface area contributed by atoms with E-state index in [1.165, 1.54) is 21.8 Å². The molecule has 0 unspecified atom stereocenters. The van der Waals surface area contributed by atoms with Crippen molar-refractivity contribution < 1.29 is 8.78 Å². The van der Waals surface area contributed by atoms with Crippen molar-refractivity contribution in [3.05, 3.63) is 62.8 Å². The smallest absolute Gasteiger partial charge is 0.258 e. The molecule has 4 aromatic rings. The molecule has 0 aliphatic carbocycles. The highest BCUT2D eigenvalue weighted by molar-refractivity contribution is 7.16. The Hall–Kier alpha value is -2.61. The Bertz CT molecular complexity index is 1160. The van der Waals surface area contributed by atoms with E-state index in [9.17, 15) is 13.6 Å². The van der Waals surface area contributed by atoms with Crippen LogP contribution in [0.5, 0.6) is 0 Å².